The Kier molecular flexibility index (Phi) is 3.86. The molecule has 1 amide bonds. The van der Waals surface area contributed by atoms with Crippen LogP contribution in [0.5, 0.6) is 0 Å². The fraction of sp³-hybridized carbons (Fsp3) is 0.417. The molecular weight excluding hydrogens is 271 g/mol. The van der Waals surface area contributed by atoms with Gasteiger partial charge in [0.25, 0.3) is 5.91 Å². The zero-order valence-electron chi connectivity index (χ0n) is 10.2. The van der Waals surface area contributed by atoms with Gasteiger partial charge in [0.1, 0.15) is 10.7 Å². The normalized spacial score (nSPS) is 15.3. The Hall–Kier alpha value is -1.47. The highest BCUT2D eigenvalue weighted by Crippen LogP contribution is 2.31. The van der Waals surface area contributed by atoms with E-state index in [4.69, 9.17) is 5.14 Å². The number of benzene rings is 1. The lowest BCUT2D eigenvalue weighted by atomic mass is 10.2. The molecule has 1 fully saturated rings. The first kappa shape index (κ1) is 14.0. The molecule has 0 aromatic heterocycles. The van der Waals surface area contributed by atoms with E-state index in [2.05, 4.69) is 5.32 Å². The van der Waals surface area contributed by atoms with Gasteiger partial charge in [-0.15, -0.1) is 0 Å². The fourth-order valence-corrected chi connectivity index (χ4v) is 2.39. The van der Waals surface area contributed by atoms with Crippen molar-refractivity contribution in [3.63, 3.8) is 0 Å². The van der Waals surface area contributed by atoms with E-state index in [0.717, 1.165) is 18.6 Å². The van der Waals surface area contributed by atoms with Crippen LogP contribution >= 0.6 is 0 Å². The number of hydrogen-bond donors (Lipinski definition) is 2. The number of sulfonamides is 1. The van der Waals surface area contributed by atoms with Gasteiger partial charge in [0, 0.05) is 12.1 Å². The summed E-state index contributed by atoms with van der Waals surface area (Å²) in [6.07, 6.45) is 3.30. The molecule has 0 atom stereocenters. The molecule has 0 spiro atoms. The van der Waals surface area contributed by atoms with E-state index in [0.29, 0.717) is 12.5 Å². The zero-order chi connectivity index (χ0) is 14.0. The molecule has 5 nitrogen and oxygen atoms in total. The van der Waals surface area contributed by atoms with Crippen LogP contribution in [0.25, 0.3) is 0 Å². The number of nitrogens with two attached hydrogens (primary N) is 1. The molecule has 0 bridgehead atoms. The number of nitrogens with one attached hydrogen (secondary N) is 1. The summed E-state index contributed by atoms with van der Waals surface area (Å²) in [5.41, 5.74) is 0.0845. The van der Waals surface area contributed by atoms with Crippen molar-refractivity contribution < 1.29 is 17.6 Å². The fourth-order valence-electron chi connectivity index (χ4n) is 1.76. The summed E-state index contributed by atoms with van der Waals surface area (Å²) in [5.74, 6) is -0.698. The standard InChI is InChI=1S/C12H15FN2O3S/c13-10-4-3-9(7-11(10)19(14,17)18)12(16)15-6-5-8-1-2-8/h3-4,7-8H,1-2,5-6H2,(H,15,16)(H2,14,17,18). The molecule has 1 saturated carbocycles. The molecule has 19 heavy (non-hydrogen) atoms. The SMILES string of the molecule is NS(=O)(=O)c1cc(C(=O)NCCC2CC2)ccc1F. The van der Waals surface area contributed by atoms with Gasteiger partial charge in [-0.2, -0.15) is 0 Å². The Morgan fingerprint density at radius 3 is 2.68 bits per heavy atom. The van der Waals surface area contributed by atoms with E-state index < -0.39 is 26.6 Å². The quantitative estimate of drug-likeness (QED) is 0.846. The van der Waals surface area contributed by atoms with E-state index in [1.807, 2.05) is 0 Å². The average molecular weight is 286 g/mol. The first-order valence-electron chi connectivity index (χ1n) is 5.98. The molecule has 0 heterocycles. The molecule has 1 aliphatic rings. The number of primary sulfonamides is 1. The van der Waals surface area contributed by atoms with Crippen LogP contribution in [0.2, 0.25) is 0 Å². The minimum atomic E-state index is -4.17. The molecule has 0 radical (unpaired) electrons. The lowest BCUT2D eigenvalue weighted by Gasteiger charge is -2.06. The third kappa shape index (κ3) is 3.74. The van der Waals surface area contributed by atoms with Crippen molar-refractivity contribution in [2.75, 3.05) is 6.54 Å². The lowest BCUT2D eigenvalue weighted by molar-refractivity contribution is 0.0952. The number of rotatable bonds is 5. The smallest absolute Gasteiger partial charge is 0.251 e. The van der Waals surface area contributed by atoms with E-state index in [1.165, 1.54) is 18.9 Å². The maximum atomic E-state index is 13.3. The van der Waals surface area contributed by atoms with Crippen LogP contribution in [0, 0.1) is 11.7 Å². The molecule has 1 aromatic rings. The monoisotopic (exact) mass is 286 g/mol. The topological polar surface area (TPSA) is 89.3 Å². The van der Waals surface area contributed by atoms with Crippen LogP contribution in [0.4, 0.5) is 4.39 Å². The highest BCUT2D eigenvalue weighted by Gasteiger charge is 2.21. The maximum Gasteiger partial charge on any atom is 0.251 e. The molecular formula is C12H15FN2O3S. The molecule has 0 aliphatic heterocycles. The number of carbonyl (C=O) groups is 1. The van der Waals surface area contributed by atoms with Crippen molar-refractivity contribution in [3.05, 3.63) is 29.6 Å². The lowest BCUT2D eigenvalue weighted by Crippen LogP contribution is -2.25. The predicted molar refractivity (Wildman–Crippen MR) is 67.4 cm³/mol. The van der Waals surface area contributed by atoms with Crippen molar-refractivity contribution in [1.29, 1.82) is 0 Å². The predicted octanol–water partition coefficient (Wildman–Crippen LogP) is 1.00. The second kappa shape index (κ2) is 5.26. The summed E-state index contributed by atoms with van der Waals surface area (Å²) >= 11 is 0. The van der Waals surface area contributed by atoms with Crippen LogP contribution in [-0.2, 0) is 10.0 Å². The summed E-state index contributed by atoms with van der Waals surface area (Å²) in [5, 5.41) is 7.55. The van der Waals surface area contributed by atoms with Gasteiger partial charge in [-0.1, -0.05) is 12.8 Å². The van der Waals surface area contributed by atoms with Crippen LogP contribution in [0.15, 0.2) is 23.1 Å². The van der Waals surface area contributed by atoms with Gasteiger partial charge in [0.05, 0.1) is 0 Å². The number of hydrogen-bond acceptors (Lipinski definition) is 3. The highest BCUT2D eigenvalue weighted by atomic mass is 32.2. The molecule has 1 aromatic carbocycles. The first-order valence-corrected chi connectivity index (χ1v) is 7.53. The van der Waals surface area contributed by atoms with Crippen molar-refractivity contribution in [1.82, 2.24) is 5.32 Å². The maximum absolute atomic E-state index is 13.3. The van der Waals surface area contributed by atoms with E-state index >= 15 is 0 Å². The van der Waals surface area contributed by atoms with Gasteiger partial charge in [-0.25, -0.2) is 17.9 Å². The van der Waals surface area contributed by atoms with E-state index in [-0.39, 0.29) is 5.56 Å². The summed E-state index contributed by atoms with van der Waals surface area (Å²) in [4.78, 5) is 11.1. The summed E-state index contributed by atoms with van der Waals surface area (Å²) in [6, 6.07) is 3.11. The Morgan fingerprint density at radius 1 is 1.42 bits per heavy atom. The van der Waals surface area contributed by atoms with Crippen molar-refractivity contribution in [3.8, 4) is 0 Å². The second-order valence-corrected chi connectivity index (χ2v) is 6.21. The Labute approximate surface area is 111 Å². The molecule has 0 saturated heterocycles. The summed E-state index contributed by atoms with van der Waals surface area (Å²) in [7, 11) is -4.17. The van der Waals surface area contributed by atoms with Crippen LogP contribution < -0.4 is 10.5 Å². The molecule has 104 valence electrons. The minimum absolute atomic E-state index is 0.0845. The van der Waals surface area contributed by atoms with Gasteiger partial charge in [0.2, 0.25) is 10.0 Å². The van der Waals surface area contributed by atoms with Crippen LogP contribution in [0.1, 0.15) is 29.6 Å². The van der Waals surface area contributed by atoms with Gasteiger partial charge < -0.3 is 5.32 Å². The van der Waals surface area contributed by atoms with Crippen molar-refractivity contribution in [2.24, 2.45) is 11.1 Å². The van der Waals surface area contributed by atoms with Crippen LogP contribution in [-0.4, -0.2) is 20.9 Å². The van der Waals surface area contributed by atoms with Gasteiger partial charge in [-0.05, 0) is 30.5 Å². The Morgan fingerprint density at radius 2 is 2.11 bits per heavy atom. The van der Waals surface area contributed by atoms with Crippen molar-refractivity contribution in [2.45, 2.75) is 24.2 Å². The van der Waals surface area contributed by atoms with Gasteiger partial charge in [0.15, 0.2) is 0 Å². The molecule has 3 N–H and O–H groups in total. The Balaban J connectivity index is 2.08. The highest BCUT2D eigenvalue weighted by molar-refractivity contribution is 7.89. The summed E-state index contributed by atoms with van der Waals surface area (Å²) in [6.45, 7) is 0.533. The first-order chi connectivity index (χ1) is 8.88. The number of carbonyl (C=O) groups excluding carboxylic acids is 1. The number of halogens is 1. The molecule has 7 heteroatoms. The third-order valence-electron chi connectivity index (χ3n) is 3.03. The Bertz CT molecular complexity index is 597. The van der Waals surface area contributed by atoms with Crippen LogP contribution in [0.3, 0.4) is 0 Å². The van der Waals surface area contributed by atoms with E-state index in [1.54, 1.807) is 0 Å². The molecule has 1 aliphatic carbocycles. The number of amides is 1. The average Bonchev–Trinajstić information content (AvgIpc) is 3.12. The van der Waals surface area contributed by atoms with Gasteiger partial charge >= 0.3 is 0 Å². The van der Waals surface area contributed by atoms with Crippen molar-refractivity contribution >= 4 is 15.9 Å². The van der Waals surface area contributed by atoms with E-state index in [9.17, 15) is 17.6 Å². The molecule has 2 rings (SSSR count). The van der Waals surface area contributed by atoms with Gasteiger partial charge in [-0.3, -0.25) is 4.79 Å². The minimum Gasteiger partial charge on any atom is -0.352 e. The second-order valence-electron chi connectivity index (χ2n) is 4.68. The largest absolute Gasteiger partial charge is 0.352 e. The summed E-state index contributed by atoms with van der Waals surface area (Å²) < 4.78 is 35.6. The zero-order valence-corrected chi connectivity index (χ0v) is 11.0. The molecule has 0 unspecified atom stereocenters. The third-order valence-corrected chi connectivity index (χ3v) is 3.96.